The molecule has 0 aliphatic carbocycles. The Morgan fingerprint density at radius 1 is 1.18 bits per heavy atom. The van der Waals surface area contributed by atoms with Crippen LogP contribution in [0.4, 0.5) is 9.52 Å². The molecule has 0 aliphatic heterocycles. The predicted octanol–water partition coefficient (Wildman–Crippen LogP) is 4.03. The van der Waals surface area contributed by atoms with Gasteiger partial charge in [0, 0.05) is 13.1 Å². The average Bonchev–Trinajstić information content (AvgIpc) is 3.05. The number of thiazole rings is 1. The van der Waals surface area contributed by atoms with Crippen LogP contribution in [0.2, 0.25) is 0 Å². The zero-order valence-corrected chi connectivity index (χ0v) is 17.3. The summed E-state index contributed by atoms with van der Waals surface area (Å²) in [4.78, 5) is 21.2. The minimum Gasteiger partial charge on any atom is -0.481 e. The van der Waals surface area contributed by atoms with Gasteiger partial charge in [0.25, 0.3) is 5.91 Å². The fourth-order valence-electron chi connectivity index (χ4n) is 2.89. The van der Waals surface area contributed by atoms with Crippen molar-refractivity contribution in [1.82, 2.24) is 9.88 Å². The van der Waals surface area contributed by atoms with Crippen molar-refractivity contribution in [1.29, 1.82) is 0 Å². The van der Waals surface area contributed by atoms with E-state index < -0.39 is 5.82 Å². The summed E-state index contributed by atoms with van der Waals surface area (Å²) in [5.41, 5.74) is 3.16. The number of halogens is 1. The van der Waals surface area contributed by atoms with Crippen LogP contribution in [-0.4, -0.2) is 49.6 Å². The molecule has 1 amide bonds. The van der Waals surface area contributed by atoms with Crippen LogP contribution >= 0.6 is 11.3 Å². The van der Waals surface area contributed by atoms with Crippen LogP contribution in [0.25, 0.3) is 10.2 Å². The Morgan fingerprint density at radius 3 is 2.64 bits per heavy atom. The fraction of sp³-hybridized carbons (Fsp3) is 0.333. The summed E-state index contributed by atoms with van der Waals surface area (Å²) in [6.07, 6.45) is 0. The van der Waals surface area contributed by atoms with Gasteiger partial charge < -0.3 is 9.64 Å². The van der Waals surface area contributed by atoms with Crippen molar-refractivity contribution in [3.63, 3.8) is 0 Å². The van der Waals surface area contributed by atoms with Crippen molar-refractivity contribution < 1.29 is 13.9 Å². The normalized spacial score (nSPS) is 11.2. The third kappa shape index (κ3) is 4.66. The summed E-state index contributed by atoms with van der Waals surface area (Å²) in [6, 6.07) is 10.2. The van der Waals surface area contributed by atoms with Gasteiger partial charge in [0.2, 0.25) is 0 Å². The van der Waals surface area contributed by atoms with Crippen molar-refractivity contribution in [3.8, 4) is 5.75 Å². The Morgan fingerprint density at radius 2 is 1.93 bits per heavy atom. The van der Waals surface area contributed by atoms with Crippen molar-refractivity contribution in [2.75, 3.05) is 38.7 Å². The predicted molar refractivity (Wildman–Crippen MR) is 112 cm³/mol. The van der Waals surface area contributed by atoms with Crippen LogP contribution in [0, 0.1) is 19.7 Å². The average molecular weight is 402 g/mol. The highest BCUT2D eigenvalue weighted by Crippen LogP contribution is 2.32. The molecule has 0 spiro atoms. The lowest BCUT2D eigenvalue weighted by Gasteiger charge is -2.22. The Bertz CT molecular complexity index is 987. The first-order chi connectivity index (χ1) is 13.3. The number of carbonyl (C=O) groups is 1. The largest absolute Gasteiger partial charge is 0.481 e. The molecule has 0 radical (unpaired) electrons. The summed E-state index contributed by atoms with van der Waals surface area (Å²) >= 11 is 1.49. The van der Waals surface area contributed by atoms with E-state index in [1.807, 2.05) is 38.9 Å². The Labute approximate surface area is 168 Å². The van der Waals surface area contributed by atoms with E-state index in [9.17, 15) is 9.18 Å². The van der Waals surface area contributed by atoms with Gasteiger partial charge >= 0.3 is 0 Å². The molecule has 0 N–H and O–H groups in total. The molecule has 0 bridgehead atoms. The van der Waals surface area contributed by atoms with E-state index in [-0.39, 0.29) is 18.3 Å². The lowest BCUT2D eigenvalue weighted by Crippen LogP contribution is -2.39. The highest BCUT2D eigenvalue weighted by molar-refractivity contribution is 7.22. The molecule has 148 valence electrons. The number of para-hydroxylation sites is 1. The van der Waals surface area contributed by atoms with Gasteiger partial charge in [-0.15, -0.1) is 0 Å². The Kier molecular flexibility index (Phi) is 6.26. The molecule has 3 rings (SSSR count). The maximum atomic E-state index is 13.8. The minimum absolute atomic E-state index is 0.0687. The highest BCUT2D eigenvalue weighted by atomic mass is 32.1. The van der Waals surface area contributed by atoms with E-state index in [1.54, 1.807) is 17.0 Å². The summed E-state index contributed by atoms with van der Waals surface area (Å²) in [5, 5.41) is 0.632. The summed E-state index contributed by atoms with van der Waals surface area (Å²) in [5.74, 6) is -0.668. The topological polar surface area (TPSA) is 45.7 Å². The lowest BCUT2D eigenvalue weighted by atomic mass is 10.1. The number of anilines is 1. The molecule has 0 saturated heterocycles. The number of nitrogens with zero attached hydrogens (tertiary/aromatic N) is 3. The zero-order chi connectivity index (χ0) is 20.3. The molecule has 0 unspecified atom stereocenters. The minimum atomic E-state index is -0.485. The molecule has 5 nitrogen and oxygen atoms in total. The quantitative estimate of drug-likeness (QED) is 0.600. The van der Waals surface area contributed by atoms with Gasteiger partial charge in [-0.25, -0.2) is 9.37 Å². The molecule has 1 heterocycles. The molecule has 0 saturated carbocycles. The smallest absolute Gasteiger partial charge is 0.266 e. The molecule has 1 aromatic heterocycles. The second-order valence-corrected chi connectivity index (χ2v) is 7.97. The zero-order valence-electron chi connectivity index (χ0n) is 16.5. The Balaban J connectivity index is 1.85. The van der Waals surface area contributed by atoms with E-state index >= 15 is 0 Å². The number of ether oxygens (including phenoxy) is 1. The first kappa shape index (κ1) is 20.2. The van der Waals surface area contributed by atoms with Crippen molar-refractivity contribution in [2.24, 2.45) is 0 Å². The monoisotopic (exact) mass is 401 g/mol. The Hall–Kier alpha value is -2.51. The first-order valence-corrected chi connectivity index (χ1v) is 9.87. The van der Waals surface area contributed by atoms with Gasteiger partial charge in [0.15, 0.2) is 23.3 Å². The lowest BCUT2D eigenvalue weighted by molar-refractivity contribution is -0.120. The van der Waals surface area contributed by atoms with Crippen LogP contribution in [0.15, 0.2) is 36.4 Å². The first-order valence-electron chi connectivity index (χ1n) is 9.05. The number of benzene rings is 2. The summed E-state index contributed by atoms with van der Waals surface area (Å²) < 4.78 is 20.3. The number of rotatable bonds is 7. The highest BCUT2D eigenvalue weighted by Gasteiger charge is 2.21. The van der Waals surface area contributed by atoms with Gasteiger partial charge in [0.1, 0.15) is 0 Å². The van der Waals surface area contributed by atoms with Crippen molar-refractivity contribution in [3.05, 3.63) is 53.3 Å². The number of aromatic nitrogens is 1. The van der Waals surface area contributed by atoms with Gasteiger partial charge in [-0.2, -0.15) is 0 Å². The maximum absolute atomic E-state index is 13.8. The maximum Gasteiger partial charge on any atom is 0.266 e. The summed E-state index contributed by atoms with van der Waals surface area (Å²) in [6.45, 7) is 4.99. The van der Waals surface area contributed by atoms with Gasteiger partial charge in [-0.3, -0.25) is 9.69 Å². The standard InChI is InChI=1S/C21H24FN3O2S/c1-14-11-15(2)20-17(12-14)23-21(28-20)25(10-9-24(3)4)19(26)13-27-18-8-6-5-7-16(18)22/h5-8,11-12H,9-10,13H2,1-4H3. The third-order valence-corrected chi connectivity index (χ3v) is 5.53. The fourth-order valence-corrected chi connectivity index (χ4v) is 3.95. The van der Waals surface area contributed by atoms with Crippen molar-refractivity contribution in [2.45, 2.75) is 13.8 Å². The van der Waals surface area contributed by atoms with Crippen LogP contribution < -0.4 is 9.64 Å². The van der Waals surface area contributed by atoms with Crippen LogP contribution in [0.5, 0.6) is 5.75 Å². The number of carbonyl (C=O) groups excluding carboxylic acids is 1. The van der Waals surface area contributed by atoms with E-state index in [0.29, 0.717) is 18.2 Å². The number of hydrogen-bond acceptors (Lipinski definition) is 5. The van der Waals surface area contributed by atoms with Gasteiger partial charge in [-0.05, 0) is 57.3 Å². The molecule has 28 heavy (non-hydrogen) atoms. The molecule has 3 aromatic rings. The molecule has 0 atom stereocenters. The molecule has 0 fully saturated rings. The second-order valence-electron chi connectivity index (χ2n) is 6.99. The summed E-state index contributed by atoms with van der Waals surface area (Å²) in [7, 11) is 3.90. The second kappa shape index (κ2) is 8.67. The van der Waals surface area contributed by atoms with Crippen molar-refractivity contribution >= 4 is 32.6 Å². The van der Waals surface area contributed by atoms with Crippen LogP contribution in [0.1, 0.15) is 11.1 Å². The number of hydrogen-bond donors (Lipinski definition) is 0. The molecular formula is C21H24FN3O2S. The molecule has 7 heteroatoms. The SMILES string of the molecule is Cc1cc(C)c2sc(N(CCN(C)C)C(=O)COc3ccccc3F)nc2c1. The number of aryl methyl sites for hydroxylation is 2. The number of likely N-dealkylation sites (N-methyl/N-ethyl adjacent to an activating group) is 1. The molecular weight excluding hydrogens is 377 g/mol. The van der Waals surface area contributed by atoms with E-state index in [1.165, 1.54) is 23.5 Å². The van der Waals surface area contributed by atoms with Crippen LogP contribution in [-0.2, 0) is 4.79 Å². The number of amides is 1. The van der Waals surface area contributed by atoms with Gasteiger partial charge in [-0.1, -0.05) is 29.5 Å². The molecule has 2 aromatic carbocycles. The number of fused-ring (bicyclic) bond motifs is 1. The van der Waals surface area contributed by atoms with Gasteiger partial charge in [0.05, 0.1) is 10.2 Å². The molecule has 0 aliphatic rings. The van der Waals surface area contributed by atoms with E-state index in [2.05, 4.69) is 11.1 Å². The van der Waals surface area contributed by atoms with E-state index in [0.717, 1.165) is 21.3 Å². The van der Waals surface area contributed by atoms with E-state index in [4.69, 9.17) is 4.74 Å². The van der Waals surface area contributed by atoms with Crippen LogP contribution in [0.3, 0.4) is 0 Å². The third-order valence-electron chi connectivity index (χ3n) is 4.30.